The molecule has 3 nitrogen and oxygen atoms in total. The average Bonchev–Trinajstić information content (AvgIpc) is 2.82. The van der Waals surface area contributed by atoms with Crippen molar-refractivity contribution in [2.45, 2.75) is 51.4 Å². The molecule has 0 bridgehead atoms. The first kappa shape index (κ1) is 14.1. The lowest BCUT2D eigenvalue weighted by Crippen LogP contribution is -2.42. The fourth-order valence-corrected chi connectivity index (χ4v) is 5.52. The minimum absolute atomic E-state index is 0.0698. The molecule has 118 valence electrons. The van der Waals surface area contributed by atoms with Gasteiger partial charge in [0.25, 0.3) is 0 Å². The summed E-state index contributed by atoms with van der Waals surface area (Å²) in [7, 11) is 1.61. The fourth-order valence-electron chi connectivity index (χ4n) is 5.52. The number of ketones is 1. The van der Waals surface area contributed by atoms with Crippen LogP contribution < -0.4 is 4.74 Å². The molecule has 0 radical (unpaired) electrons. The predicted octanol–water partition coefficient (Wildman–Crippen LogP) is 3.83. The number of Topliss-reactive ketones (excluding diaryl/α,β-unsaturated/α-hetero) is 1. The summed E-state index contributed by atoms with van der Waals surface area (Å²) in [6.07, 6.45) is 6.10. The average molecular weight is 300 g/mol. The standard InChI is InChI=1S/C19H24O3/c1-19-8-7-12-13(15(19)5-6-18(19)21)4-3-11-9-16(20)17(22-2)10-14(11)12/h9-10,12-13,15,20H,3-8H2,1-2H3/t12?,13?,15?,19-/m0/s1. The molecule has 0 saturated heterocycles. The third-order valence-corrected chi connectivity index (χ3v) is 6.73. The van der Waals surface area contributed by atoms with Gasteiger partial charge in [0.2, 0.25) is 0 Å². The zero-order chi connectivity index (χ0) is 15.5. The minimum atomic E-state index is -0.0698. The summed E-state index contributed by atoms with van der Waals surface area (Å²) in [6.45, 7) is 2.20. The summed E-state index contributed by atoms with van der Waals surface area (Å²) in [5, 5.41) is 10.0. The summed E-state index contributed by atoms with van der Waals surface area (Å²) in [5.41, 5.74) is 2.56. The Balaban J connectivity index is 1.74. The van der Waals surface area contributed by atoms with Crippen molar-refractivity contribution in [3.05, 3.63) is 23.3 Å². The summed E-state index contributed by atoms with van der Waals surface area (Å²) in [6, 6.07) is 3.93. The fraction of sp³-hybridized carbons (Fsp3) is 0.632. The van der Waals surface area contributed by atoms with Crippen LogP contribution in [0.2, 0.25) is 0 Å². The van der Waals surface area contributed by atoms with Crippen LogP contribution in [0, 0.1) is 17.3 Å². The van der Waals surface area contributed by atoms with E-state index in [4.69, 9.17) is 4.74 Å². The number of hydrogen-bond donors (Lipinski definition) is 1. The molecule has 4 rings (SSSR count). The number of rotatable bonds is 1. The number of ether oxygens (including phenoxy) is 1. The van der Waals surface area contributed by atoms with E-state index >= 15 is 0 Å². The van der Waals surface area contributed by atoms with Crippen molar-refractivity contribution in [2.75, 3.05) is 7.11 Å². The van der Waals surface area contributed by atoms with Gasteiger partial charge in [0.1, 0.15) is 5.78 Å². The van der Waals surface area contributed by atoms with E-state index in [0.29, 0.717) is 29.3 Å². The second-order valence-electron chi connectivity index (χ2n) is 7.56. The lowest BCUT2D eigenvalue weighted by Gasteiger charge is -2.48. The van der Waals surface area contributed by atoms with E-state index in [2.05, 4.69) is 6.92 Å². The van der Waals surface area contributed by atoms with Crippen molar-refractivity contribution in [3.8, 4) is 11.5 Å². The molecule has 1 aromatic rings. The van der Waals surface area contributed by atoms with E-state index in [1.807, 2.05) is 12.1 Å². The molecule has 1 N–H and O–H groups in total. The maximum Gasteiger partial charge on any atom is 0.160 e. The van der Waals surface area contributed by atoms with Crippen LogP contribution in [0.4, 0.5) is 0 Å². The number of phenolic OH excluding ortho intramolecular Hbond substituents is 1. The van der Waals surface area contributed by atoms with Crippen molar-refractivity contribution in [1.29, 1.82) is 0 Å². The normalized spacial score (nSPS) is 36.5. The quantitative estimate of drug-likeness (QED) is 0.857. The minimum Gasteiger partial charge on any atom is -0.504 e. The summed E-state index contributed by atoms with van der Waals surface area (Å²) in [5.74, 6) is 3.01. The number of fused-ring (bicyclic) bond motifs is 5. The molecule has 22 heavy (non-hydrogen) atoms. The van der Waals surface area contributed by atoms with Gasteiger partial charge in [-0.2, -0.15) is 0 Å². The molecule has 0 aromatic heterocycles. The highest BCUT2D eigenvalue weighted by molar-refractivity contribution is 5.87. The molecule has 0 amide bonds. The van der Waals surface area contributed by atoms with Crippen molar-refractivity contribution in [1.82, 2.24) is 0 Å². The van der Waals surface area contributed by atoms with E-state index in [1.165, 1.54) is 11.1 Å². The lowest BCUT2D eigenvalue weighted by atomic mass is 9.55. The molecule has 2 saturated carbocycles. The molecule has 0 spiro atoms. The lowest BCUT2D eigenvalue weighted by molar-refractivity contribution is -0.129. The molecule has 0 heterocycles. The van der Waals surface area contributed by atoms with Crippen molar-refractivity contribution in [2.24, 2.45) is 17.3 Å². The highest BCUT2D eigenvalue weighted by Gasteiger charge is 2.54. The first-order valence-corrected chi connectivity index (χ1v) is 8.47. The predicted molar refractivity (Wildman–Crippen MR) is 84.3 cm³/mol. The Bertz CT molecular complexity index is 636. The number of hydrogen-bond acceptors (Lipinski definition) is 3. The third kappa shape index (κ3) is 1.77. The molecular weight excluding hydrogens is 276 g/mol. The van der Waals surface area contributed by atoms with Gasteiger partial charge in [0, 0.05) is 11.8 Å². The third-order valence-electron chi connectivity index (χ3n) is 6.73. The smallest absolute Gasteiger partial charge is 0.160 e. The van der Waals surface area contributed by atoms with Gasteiger partial charge in [-0.05, 0) is 73.1 Å². The number of methoxy groups -OCH3 is 1. The second kappa shape index (κ2) is 4.74. The van der Waals surface area contributed by atoms with Gasteiger partial charge < -0.3 is 9.84 Å². The molecule has 2 fully saturated rings. The van der Waals surface area contributed by atoms with Gasteiger partial charge in [-0.15, -0.1) is 0 Å². The zero-order valence-electron chi connectivity index (χ0n) is 13.4. The van der Waals surface area contributed by atoms with Gasteiger partial charge >= 0.3 is 0 Å². The van der Waals surface area contributed by atoms with Crippen LogP contribution in [0.1, 0.15) is 56.1 Å². The van der Waals surface area contributed by atoms with E-state index in [-0.39, 0.29) is 11.2 Å². The second-order valence-corrected chi connectivity index (χ2v) is 7.56. The Labute approximate surface area is 131 Å². The maximum atomic E-state index is 12.3. The molecule has 3 unspecified atom stereocenters. The molecule has 3 aliphatic rings. The summed E-state index contributed by atoms with van der Waals surface area (Å²) in [4.78, 5) is 12.3. The van der Waals surface area contributed by atoms with Gasteiger partial charge in [-0.25, -0.2) is 0 Å². The number of carbonyl (C=O) groups is 1. The van der Waals surface area contributed by atoms with Crippen LogP contribution in [0.15, 0.2) is 12.1 Å². The Hall–Kier alpha value is -1.51. The molecule has 3 heteroatoms. The number of carbonyl (C=O) groups excluding carboxylic acids is 1. The van der Waals surface area contributed by atoms with E-state index in [9.17, 15) is 9.90 Å². The maximum absolute atomic E-state index is 12.3. The number of phenols is 1. The Morgan fingerprint density at radius 1 is 1.23 bits per heavy atom. The number of benzene rings is 1. The monoisotopic (exact) mass is 300 g/mol. The SMILES string of the molecule is COc1cc2c(cc1O)CCC1C2CC[C@]2(C)C(=O)CCC12. The van der Waals surface area contributed by atoms with E-state index in [0.717, 1.165) is 38.5 Å². The summed E-state index contributed by atoms with van der Waals surface area (Å²) >= 11 is 0. The Morgan fingerprint density at radius 3 is 2.82 bits per heavy atom. The van der Waals surface area contributed by atoms with Gasteiger partial charge in [-0.3, -0.25) is 4.79 Å². The molecule has 3 aliphatic carbocycles. The highest BCUT2D eigenvalue weighted by Crippen LogP contribution is 2.60. The van der Waals surface area contributed by atoms with Crippen molar-refractivity contribution >= 4 is 5.78 Å². The number of aryl methyl sites for hydroxylation is 1. The van der Waals surface area contributed by atoms with Gasteiger partial charge in [0.05, 0.1) is 7.11 Å². The molecule has 1 aromatic carbocycles. The molecular formula is C19H24O3. The highest BCUT2D eigenvalue weighted by atomic mass is 16.5. The van der Waals surface area contributed by atoms with Crippen molar-refractivity contribution < 1.29 is 14.6 Å². The topological polar surface area (TPSA) is 46.5 Å². The van der Waals surface area contributed by atoms with Gasteiger partial charge in [-0.1, -0.05) is 6.92 Å². The van der Waals surface area contributed by atoms with Crippen LogP contribution >= 0.6 is 0 Å². The van der Waals surface area contributed by atoms with Crippen LogP contribution in [0.5, 0.6) is 11.5 Å². The Kier molecular flexibility index (Phi) is 3.04. The van der Waals surface area contributed by atoms with E-state index < -0.39 is 0 Å². The van der Waals surface area contributed by atoms with E-state index in [1.54, 1.807) is 7.11 Å². The number of aromatic hydroxyl groups is 1. The molecule has 0 aliphatic heterocycles. The Morgan fingerprint density at radius 2 is 2.05 bits per heavy atom. The van der Waals surface area contributed by atoms with Crippen LogP contribution in [-0.2, 0) is 11.2 Å². The first-order valence-electron chi connectivity index (χ1n) is 8.47. The largest absolute Gasteiger partial charge is 0.504 e. The van der Waals surface area contributed by atoms with Crippen LogP contribution in [-0.4, -0.2) is 18.0 Å². The van der Waals surface area contributed by atoms with Crippen molar-refractivity contribution in [3.63, 3.8) is 0 Å². The first-order chi connectivity index (χ1) is 10.5. The van der Waals surface area contributed by atoms with Crippen LogP contribution in [0.25, 0.3) is 0 Å². The van der Waals surface area contributed by atoms with Gasteiger partial charge in [0.15, 0.2) is 11.5 Å². The zero-order valence-corrected chi connectivity index (χ0v) is 13.4. The summed E-state index contributed by atoms with van der Waals surface area (Å²) < 4.78 is 5.31. The van der Waals surface area contributed by atoms with Crippen LogP contribution in [0.3, 0.4) is 0 Å². The molecule has 4 atom stereocenters.